The number of carbonyl (C=O) groups is 1. The number of nitrogens with zero attached hydrogens (tertiary/aromatic N) is 1. The summed E-state index contributed by atoms with van der Waals surface area (Å²) in [7, 11) is 0. The van der Waals surface area contributed by atoms with Crippen molar-refractivity contribution in [1.82, 2.24) is 5.32 Å². The van der Waals surface area contributed by atoms with Crippen LogP contribution in [0.1, 0.15) is 24.2 Å². The SMILES string of the molecule is CC(C)C(N)=N[C@H](NC(=O)c1ccc(Br)cc1)C(Cl)(Cl)Cl. The van der Waals surface area contributed by atoms with E-state index in [1.807, 2.05) is 13.8 Å². The highest BCUT2D eigenvalue weighted by Gasteiger charge is 2.34. The van der Waals surface area contributed by atoms with Crippen LogP contribution in [0.4, 0.5) is 0 Å². The molecule has 116 valence electrons. The number of nitrogens with two attached hydrogens (primary N) is 1. The lowest BCUT2D eigenvalue weighted by Gasteiger charge is -2.23. The summed E-state index contributed by atoms with van der Waals surface area (Å²) in [5.74, 6) is -0.133. The van der Waals surface area contributed by atoms with Crippen molar-refractivity contribution in [2.45, 2.75) is 23.8 Å². The van der Waals surface area contributed by atoms with Crippen LogP contribution in [0.25, 0.3) is 0 Å². The quantitative estimate of drug-likeness (QED) is 0.445. The number of halogens is 4. The molecule has 1 rings (SSSR count). The molecule has 4 nitrogen and oxygen atoms in total. The normalized spacial score (nSPS) is 14.1. The van der Waals surface area contributed by atoms with E-state index < -0.39 is 15.9 Å². The van der Waals surface area contributed by atoms with E-state index in [4.69, 9.17) is 40.5 Å². The molecule has 0 bridgehead atoms. The molecule has 0 spiro atoms. The molecule has 1 amide bonds. The Hall–Kier alpha value is -0.490. The van der Waals surface area contributed by atoms with Gasteiger partial charge in [0.05, 0.1) is 5.84 Å². The molecule has 8 heteroatoms. The Morgan fingerprint density at radius 1 is 1.29 bits per heavy atom. The van der Waals surface area contributed by atoms with Gasteiger partial charge in [0.25, 0.3) is 5.91 Å². The smallest absolute Gasteiger partial charge is 0.253 e. The van der Waals surface area contributed by atoms with Crippen molar-refractivity contribution in [3.63, 3.8) is 0 Å². The fraction of sp³-hybridized carbons (Fsp3) is 0.385. The molecule has 0 aromatic heterocycles. The van der Waals surface area contributed by atoms with Crippen molar-refractivity contribution < 1.29 is 4.79 Å². The lowest BCUT2D eigenvalue weighted by atomic mass is 10.2. The predicted octanol–water partition coefficient (Wildman–Crippen LogP) is 3.89. The third-order valence-corrected chi connectivity index (χ3v) is 3.70. The average Bonchev–Trinajstić information content (AvgIpc) is 2.37. The van der Waals surface area contributed by atoms with Gasteiger partial charge in [0, 0.05) is 16.0 Å². The fourth-order valence-corrected chi connectivity index (χ4v) is 1.87. The monoisotopic (exact) mass is 413 g/mol. The Kier molecular flexibility index (Phi) is 6.78. The minimum Gasteiger partial charge on any atom is -0.387 e. The highest BCUT2D eigenvalue weighted by atomic mass is 79.9. The Morgan fingerprint density at radius 3 is 2.24 bits per heavy atom. The molecule has 1 aromatic carbocycles. The van der Waals surface area contributed by atoms with Crippen molar-refractivity contribution in [2.24, 2.45) is 16.6 Å². The summed E-state index contributed by atoms with van der Waals surface area (Å²) in [5.41, 5.74) is 6.19. The van der Waals surface area contributed by atoms with E-state index in [1.165, 1.54) is 0 Å². The lowest BCUT2D eigenvalue weighted by molar-refractivity contribution is 0.0938. The second-order valence-corrected chi connectivity index (χ2v) is 7.92. The zero-order valence-electron chi connectivity index (χ0n) is 11.4. The van der Waals surface area contributed by atoms with Gasteiger partial charge in [-0.25, -0.2) is 4.99 Å². The number of carbonyl (C=O) groups excluding carboxylic acids is 1. The maximum atomic E-state index is 12.2. The van der Waals surface area contributed by atoms with Crippen molar-refractivity contribution in [3.8, 4) is 0 Å². The Labute approximate surface area is 147 Å². The first-order valence-electron chi connectivity index (χ1n) is 6.07. The maximum absolute atomic E-state index is 12.2. The summed E-state index contributed by atoms with van der Waals surface area (Å²) in [6.07, 6.45) is -1.07. The summed E-state index contributed by atoms with van der Waals surface area (Å²) in [5, 5.41) is 2.56. The predicted molar refractivity (Wildman–Crippen MR) is 92.1 cm³/mol. The molecule has 0 fully saturated rings. The molecule has 0 saturated carbocycles. The van der Waals surface area contributed by atoms with Gasteiger partial charge in [-0.15, -0.1) is 0 Å². The third kappa shape index (κ3) is 6.02. The van der Waals surface area contributed by atoms with Crippen molar-refractivity contribution in [3.05, 3.63) is 34.3 Å². The molecule has 0 aliphatic heterocycles. The van der Waals surface area contributed by atoms with E-state index in [0.717, 1.165) is 4.47 Å². The van der Waals surface area contributed by atoms with E-state index in [2.05, 4.69) is 26.2 Å². The Bertz CT molecular complexity index is 526. The molecule has 0 radical (unpaired) electrons. The van der Waals surface area contributed by atoms with Gasteiger partial charge in [0.15, 0.2) is 6.17 Å². The van der Waals surface area contributed by atoms with Gasteiger partial charge in [-0.1, -0.05) is 64.6 Å². The minimum absolute atomic E-state index is 0.0237. The van der Waals surface area contributed by atoms with Gasteiger partial charge in [0.1, 0.15) is 0 Å². The average molecular weight is 416 g/mol. The largest absolute Gasteiger partial charge is 0.387 e. The number of alkyl halides is 3. The first kappa shape index (κ1) is 18.6. The molecule has 21 heavy (non-hydrogen) atoms. The fourth-order valence-electron chi connectivity index (χ4n) is 1.29. The number of nitrogens with one attached hydrogen (secondary N) is 1. The van der Waals surface area contributed by atoms with Gasteiger partial charge >= 0.3 is 0 Å². The molecule has 0 saturated heterocycles. The van der Waals surface area contributed by atoms with Crippen molar-refractivity contribution in [2.75, 3.05) is 0 Å². The number of hydrogen-bond donors (Lipinski definition) is 2. The first-order valence-corrected chi connectivity index (χ1v) is 8.00. The highest BCUT2D eigenvalue weighted by Crippen LogP contribution is 2.31. The Balaban J connectivity index is 2.94. The number of amidine groups is 1. The molecule has 0 heterocycles. The van der Waals surface area contributed by atoms with Gasteiger partial charge < -0.3 is 11.1 Å². The van der Waals surface area contributed by atoms with Crippen LogP contribution in [0, 0.1) is 5.92 Å². The third-order valence-electron chi connectivity index (χ3n) is 2.55. The number of hydrogen-bond acceptors (Lipinski definition) is 2. The summed E-state index contributed by atoms with van der Waals surface area (Å²) in [4.78, 5) is 16.2. The lowest BCUT2D eigenvalue weighted by Crippen LogP contribution is -2.44. The first-order chi connectivity index (χ1) is 9.61. The molecule has 0 unspecified atom stereocenters. The van der Waals surface area contributed by atoms with Crippen LogP contribution >= 0.6 is 50.7 Å². The molecule has 3 N–H and O–H groups in total. The van der Waals surface area contributed by atoms with Crippen LogP contribution in [0.2, 0.25) is 0 Å². The van der Waals surface area contributed by atoms with Gasteiger partial charge in [-0.2, -0.15) is 0 Å². The van der Waals surface area contributed by atoms with Crippen LogP contribution in [0.15, 0.2) is 33.7 Å². The van der Waals surface area contributed by atoms with E-state index in [-0.39, 0.29) is 5.92 Å². The second kappa shape index (κ2) is 7.68. The molecule has 0 aliphatic carbocycles. The Morgan fingerprint density at radius 2 is 1.81 bits per heavy atom. The number of benzene rings is 1. The molecule has 1 atom stereocenters. The topological polar surface area (TPSA) is 67.5 Å². The number of amides is 1. The minimum atomic E-state index is -1.80. The molecule has 0 aliphatic rings. The van der Waals surface area contributed by atoms with E-state index in [9.17, 15) is 4.79 Å². The standard InChI is InChI=1S/C13H15BrCl3N3O/c1-7(2)10(18)19-12(13(15,16)17)20-11(21)8-3-5-9(14)6-4-8/h3-7,12H,1-2H3,(H2,18,19)(H,20,21)/t12-/m1/s1. The molecular weight excluding hydrogens is 400 g/mol. The van der Waals surface area contributed by atoms with Crippen LogP contribution in [0.3, 0.4) is 0 Å². The van der Waals surface area contributed by atoms with E-state index in [0.29, 0.717) is 11.4 Å². The van der Waals surface area contributed by atoms with Crippen molar-refractivity contribution >= 4 is 62.5 Å². The van der Waals surface area contributed by atoms with Gasteiger partial charge in [-0.05, 0) is 24.3 Å². The van der Waals surface area contributed by atoms with Crippen molar-refractivity contribution in [1.29, 1.82) is 0 Å². The van der Waals surface area contributed by atoms with Crippen LogP contribution in [0.5, 0.6) is 0 Å². The van der Waals surface area contributed by atoms with Crippen LogP contribution in [-0.4, -0.2) is 21.7 Å². The van der Waals surface area contributed by atoms with Crippen LogP contribution < -0.4 is 11.1 Å². The zero-order chi connectivity index (χ0) is 16.2. The highest BCUT2D eigenvalue weighted by molar-refractivity contribution is 9.10. The number of rotatable bonds is 4. The van der Waals surface area contributed by atoms with Gasteiger partial charge in [0.2, 0.25) is 3.79 Å². The maximum Gasteiger partial charge on any atom is 0.253 e. The number of aliphatic imine (C=N–C) groups is 1. The summed E-state index contributed by atoms with van der Waals surface area (Å²) in [6.45, 7) is 3.70. The van der Waals surface area contributed by atoms with Crippen LogP contribution in [-0.2, 0) is 0 Å². The van der Waals surface area contributed by atoms with Gasteiger partial charge in [-0.3, -0.25) is 4.79 Å². The van der Waals surface area contributed by atoms with E-state index >= 15 is 0 Å². The molecular formula is C13H15BrCl3N3O. The summed E-state index contributed by atoms with van der Waals surface area (Å²) in [6, 6.07) is 6.77. The van der Waals surface area contributed by atoms with E-state index in [1.54, 1.807) is 24.3 Å². The summed E-state index contributed by atoms with van der Waals surface area (Å²) >= 11 is 20.8. The second-order valence-electron chi connectivity index (χ2n) is 4.63. The summed E-state index contributed by atoms with van der Waals surface area (Å²) < 4.78 is -0.941. The molecule has 1 aromatic rings. The zero-order valence-corrected chi connectivity index (χ0v) is 15.3.